The molecule has 0 saturated carbocycles. The third-order valence-electron chi connectivity index (χ3n) is 1.88. The molecule has 0 aliphatic carbocycles. The molecule has 3 nitrogen and oxygen atoms in total. The maximum absolute atomic E-state index is 12.1. The maximum Gasteiger partial charge on any atom is 0.446 e. The Morgan fingerprint density at radius 2 is 1.94 bits per heavy atom. The minimum atomic E-state index is -4.31. The summed E-state index contributed by atoms with van der Waals surface area (Å²) in [5.41, 5.74) is 1.60. The Morgan fingerprint density at radius 1 is 1.39 bits per heavy atom. The molecule has 0 aliphatic rings. The van der Waals surface area contributed by atoms with E-state index in [4.69, 9.17) is 5.73 Å². The van der Waals surface area contributed by atoms with E-state index in [-0.39, 0.29) is 35.0 Å². The fraction of sp³-hybridized carbons (Fsp3) is 0.364. The summed E-state index contributed by atoms with van der Waals surface area (Å²) in [6.45, 7) is 1.70. The van der Waals surface area contributed by atoms with E-state index in [2.05, 4.69) is 5.32 Å². The van der Waals surface area contributed by atoms with Crippen molar-refractivity contribution >= 4 is 23.4 Å². The molecule has 0 bridgehead atoms. The molecule has 100 valence electrons. The van der Waals surface area contributed by atoms with Crippen molar-refractivity contribution in [3.05, 3.63) is 24.3 Å². The molecule has 3 N–H and O–H groups in total. The monoisotopic (exact) mass is 278 g/mol. The average Bonchev–Trinajstić information content (AvgIpc) is 2.17. The Balaban J connectivity index is 2.58. The Bertz CT molecular complexity index is 404. The largest absolute Gasteiger partial charge is 0.446 e. The van der Waals surface area contributed by atoms with Crippen molar-refractivity contribution in [1.29, 1.82) is 0 Å². The fourth-order valence-electron chi connectivity index (χ4n) is 1.24. The Hall–Kier alpha value is -1.21. The molecule has 1 amide bonds. The van der Waals surface area contributed by atoms with Gasteiger partial charge in [0, 0.05) is 23.0 Å². The Kier molecular flexibility index (Phi) is 5.03. The van der Waals surface area contributed by atoms with Crippen LogP contribution >= 0.6 is 11.8 Å². The maximum atomic E-state index is 12.1. The quantitative estimate of drug-likeness (QED) is 0.832. The number of nitrogens with two attached hydrogens (primary N) is 1. The standard InChI is InChI=1S/C11H13F3N2OS/c1-7(15)6-10(17)16-8-2-4-9(5-3-8)18-11(12,13)14/h2-5,7H,6,15H2,1H3,(H,16,17). The molecule has 1 atom stereocenters. The highest BCUT2D eigenvalue weighted by Crippen LogP contribution is 2.36. The first-order valence-corrected chi connectivity index (χ1v) is 5.99. The van der Waals surface area contributed by atoms with Crippen LogP contribution in [0.4, 0.5) is 18.9 Å². The van der Waals surface area contributed by atoms with Gasteiger partial charge >= 0.3 is 5.51 Å². The van der Waals surface area contributed by atoms with Crippen LogP contribution in [0.15, 0.2) is 29.2 Å². The second-order valence-corrected chi connectivity index (χ2v) is 4.94. The van der Waals surface area contributed by atoms with Gasteiger partial charge in [0.05, 0.1) is 0 Å². The third kappa shape index (κ3) is 5.92. The van der Waals surface area contributed by atoms with Gasteiger partial charge in [0.1, 0.15) is 0 Å². The third-order valence-corrected chi connectivity index (χ3v) is 2.62. The predicted molar refractivity (Wildman–Crippen MR) is 65.3 cm³/mol. The van der Waals surface area contributed by atoms with Crippen molar-refractivity contribution in [2.75, 3.05) is 5.32 Å². The van der Waals surface area contributed by atoms with Crippen LogP contribution in [0, 0.1) is 0 Å². The van der Waals surface area contributed by atoms with Gasteiger partial charge in [-0.15, -0.1) is 0 Å². The van der Waals surface area contributed by atoms with Crippen LogP contribution in [0.1, 0.15) is 13.3 Å². The molecule has 0 spiro atoms. The van der Waals surface area contributed by atoms with E-state index < -0.39 is 5.51 Å². The van der Waals surface area contributed by atoms with Crippen molar-refractivity contribution in [2.45, 2.75) is 29.8 Å². The molecule has 1 aromatic carbocycles. The Morgan fingerprint density at radius 3 is 2.39 bits per heavy atom. The van der Waals surface area contributed by atoms with Crippen LogP contribution in [0.25, 0.3) is 0 Å². The van der Waals surface area contributed by atoms with E-state index in [1.54, 1.807) is 6.92 Å². The van der Waals surface area contributed by atoms with Crippen LogP contribution in [0.3, 0.4) is 0 Å². The molecular weight excluding hydrogens is 265 g/mol. The molecule has 18 heavy (non-hydrogen) atoms. The van der Waals surface area contributed by atoms with Crippen LogP contribution in [-0.2, 0) is 4.79 Å². The first-order valence-electron chi connectivity index (χ1n) is 5.17. The lowest BCUT2D eigenvalue weighted by Gasteiger charge is -2.09. The number of benzene rings is 1. The smallest absolute Gasteiger partial charge is 0.327 e. The molecule has 0 aromatic heterocycles. The second kappa shape index (κ2) is 6.10. The molecule has 0 heterocycles. The summed E-state index contributed by atoms with van der Waals surface area (Å²) in [5.74, 6) is -0.263. The van der Waals surface area contributed by atoms with Crippen LogP contribution in [-0.4, -0.2) is 17.5 Å². The zero-order valence-electron chi connectivity index (χ0n) is 9.62. The van der Waals surface area contributed by atoms with Crippen LogP contribution in [0.2, 0.25) is 0 Å². The first kappa shape index (κ1) is 14.8. The number of carbonyl (C=O) groups excluding carboxylic acids is 1. The summed E-state index contributed by atoms with van der Waals surface area (Å²) in [6, 6.07) is 5.20. The zero-order valence-corrected chi connectivity index (χ0v) is 10.4. The highest BCUT2D eigenvalue weighted by atomic mass is 32.2. The van der Waals surface area contributed by atoms with Crippen molar-refractivity contribution < 1.29 is 18.0 Å². The van der Waals surface area contributed by atoms with Crippen molar-refractivity contribution in [2.24, 2.45) is 5.73 Å². The second-order valence-electron chi connectivity index (χ2n) is 3.80. The highest BCUT2D eigenvalue weighted by molar-refractivity contribution is 8.00. The fourth-order valence-corrected chi connectivity index (χ4v) is 1.78. The minimum absolute atomic E-state index is 0.0766. The van der Waals surface area contributed by atoms with E-state index in [0.29, 0.717) is 5.69 Å². The number of hydrogen-bond acceptors (Lipinski definition) is 3. The van der Waals surface area contributed by atoms with Gasteiger partial charge < -0.3 is 11.1 Å². The molecule has 0 saturated heterocycles. The normalized spacial score (nSPS) is 13.2. The number of alkyl halides is 3. The molecule has 0 fully saturated rings. The van der Waals surface area contributed by atoms with Gasteiger partial charge in [0.15, 0.2) is 0 Å². The summed E-state index contributed by atoms with van der Waals surface area (Å²) in [4.78, 5) is 11.4. The predicted octanol–water partition coefficient (Wildman–Crippen LogP) is 2.97. The molecule has 1 aromatic rings. The summed E-state index contributed by atoms with van der Waals surface area (Å²) in [6.07, 6.45) is 0.166. The number of rotatable bonds is 4. The number of carbonyl (C=O) groups is 1. The first-order chi connectivity index (χ1) is 8.26. The van der Waals surface area contributed by atoms with E-state index >= 15 is 0 Å². The van der Waals surface area contributed by atoms with Gasteiger partial charge in [0.25, 0.3) is 0 Å². The summed E-state index contributed by atoms with van der Waals surface area (Å²) < 4.78 is 36.2. The van der Waals surface area contributed by atoms with Crippen LogP contribution in [0.5, 0.6) is 0 Å². The number of thioether (sulfide) groups is 1. The molecular formula is C11H13F3N2OS. The lowest BCUT2D eigenvalue weighted by atomic mass is 10.2. The summed E-state index contributed by atoms with van der Waals surface area (Å²) >= 11 is -0.194. The Labute approximate surface area is 107 Å². The van der Waals surface area contributed by atoms with Crippen molar-refractivity contribution in [3.8, 4) is 0 Å². The van der Waals surface area contributed by atoms with E-state index in [0.717, 1.165) is 0 Å². The average molecular weight is 278 g/mol. The lowest BCUT2D eigenvalue weighted by molar-refractivity contribution is -0.116. The molecule has 1 unspecified atom stereocenters. The molecule has 0 radical (unpaired) electrons. The SMILES string of the molecule is CC(N)CC(=O)Nc1ccc(SC(F)(F)F)cc1. The molecule has 7 heteroatoms. The van der Waals surface area contributed by atoms with Crippen molar-refractivity contribution in [1.82, 2.24) is 0 Å². The van der Waals surface area contributed by atoms with Gasteiger partial charge in [-0.05, 0) is 43.0 Å². The lowest BCUT2D eigenvalue weighted by Crippen LogP contribution is -2.23. The van der Waals surface area contributed by atoms with Gasteiger partial charge in [-0.3, -0.25) is 4.79 Å². The molecule has 0 aliphatic heterocycles. The summed E-state index contributed by atoms with van der Waals surface area (Å²) in [5, 5.41) is 2.55. The van der Waals surface area contributed by atoms with Crippen LogP contribution < -0.4 is 11.1 Å². The highest BCUT2D eigenvalue weighted by Gasteiger charge is 2.28. The van der Waals surface area contributed by atoms with Crippen molar-refractivity contribution in [3.63, 3.8) is 0 Å². The zero-order chi connectivity index (χ0) is 13.8. The van der Waals surface area contributed by atoms with Gasteiger partial charge in [-0.25, -0.2) is 0 Å². The van der Waals surface area contributed by atoms with E-state index in [1.807, 2.05) is 0 Å². The topological polar surface area (TPSA) is 55.1 Å². The van der Waals surface area contributed by atoms with Gasteiger partial charge in [-0.1, -0.05) is 0 Å². The number of nitrogens with one attached hydrogen (secondary N) is 1. The van der Waals surface area contributed by atoms with Gasteiger partial charge in [-0.2, -0.15) is 13.2 Å². The minimum Gasteiger partial charge on any atom is -0.327 e. The number of hydrogen-bond donors (Lipinski definition) is 2. The number of halogens is 3. The van der Waals surface area contributed by atoms with E-state index in [9.17, 15) is 18.0 Å². The number of amides is 1. The summed E-state index contributed by atoms with van der Waals surface area (Å²) in [7, 11) is 0. The van der Waals surface area contributed by atoms with Gasteiger partial charge in [0.2, 0.25) is 5.91 Å². The number of anilines is 1. The van der Waals surface area contributed by atoms with E-state index in [1.165, 1.54) is 24.3 Å². The molecule has 1 rings (SSSR count).